The van der Waals surface area contributed by atoms with Crippen LogP contribution in [0.1, 0.15) is 24.0 Å². The summed E-state index contributed by atoms with van der Waals surface area (Å²) in [5.74, 6) is -0.735. The van der Waals surface area contributed by atoms with Crippen molar-refractivity contribution in [3.05, 3.63) is 70.0 Å². The van der Waals surface area contributed by atoms with E-state index >= 15 is 0 Å². The van der Waals surface area contributed by atoms with Crippen molar-refractivity contribution in [2.75, 3.05) is 6.61 Å². The lowest BCUT2D eigenvalue weighted by Gasteiger charge is -2.15. The largest absolute Gasteiger partial charge is 0.394 e. The predicted molar refractivity (Wildman–Crippen MR) is 108 cm³/mol. The third-order valence-corrected chi connectivity index (χ3v) is 5.55. The number of H-pyrrole nitrogens is 1. The van der Waals surface area contributed by atoms with Crippen LogP contribution in [0.2, 0.25) is 10.0 Å². The predicted octanol–water partition coefficient (Wildman–Crippen LogP) is 5.02. The van der Waals surface area contributed by atoms with Crippen molar-refractivity contribution in [1.29, 1.82) is 0 Å². The zero-order chi connectivity index (χ0) is 19.8. The minimum absolute atomic E-state index is 0.0209. The molecule has 2 N–H and O–H groups in total. The van der Waals surface area contributed by atoms with Crippen molar-refractivity contribution in [3.8, 4) is 11.1 Å². The third kappa shape index (κ3) is 3.28. The summed E-state index contributed by atoms with van der Waals surface area (Å²) in [4.78, 5) is 7.64. The molecule has 0 bridgehead atoms. The molecule has 1 atom stereocenters. The van der Waals surface area contributed by atoms with Crippen LogP contribution in [0.5, 0.6) is 0 Å². The Balaban J connectivity index is 1.79. The van der Waals surface area contributed by atoms with Gasteiger partial charge in [0.15, 0.2) is 0 Å². The van der Waals surface area contributed by atoms with E-state index in [-0.39, 0.29) is 17.5 Å². The Bertz CT molecular complexity index is 1150. The molecule has 1 unspecified atom stereocenters. The van der Waals surface area contributed by atoms with E-state index < -0.39 is 5.82 Å². The van der Waals surface area contributed by atoms with Gasteiger partial charge in [0.1, 0.15) is 11.5 Å². The smallest absolute Gasteiger partial charge is 0.142 e. The maximum Gasteiger partial charge on any atom is 0.142 e. The van der Waals surface area contributed by atoms with Gasteiger partial charge in [-0.25, -0.2) is 9.37 Å². The number of aliphatic hydroxyl groups excluding tert-OH is 1. The molecule has 0 aliphatic heterocycles. The Morgan fingerprint density at radius 2 is 2.07 bits per heavy atom. The standard InChI is InChI=1S/C20H17Cl2FN4O/c1-11(18-16(21)2-3-17(23)19(18)22)15-9-25-20-14(15)6-12(7-24-20)13-8-26-27(10-13)4-5-28/h2-3,6-11,28H,4-5H2,1H3,(H,24,25). The molecule has 0 aliphatic rings. The van der Waals surface area contributed by atoms with Crippen LogP contribution < -0.4 is 0 Å². The first-order chi connectivity index (χ1) is 13.5. The van der Waals surface area contributed by atoms with Crippen LogP contribution in [0.4, 0.5) is 4.39 Å². The van der Waals surface area contributed by atoms with E-state index in [0.29, 0.717) is 17.1 Å². The molecule has 3 heterocycles. The maximum absolute atomic E-state index is 14.0. The summed E-state index contributed by atoms with van der Waals surface area (Å²) < 4.78 is 15.7. The van der Waals surface area contributed by atoms with E-state index in [4.69, 9.17) is 28.3 Å². The van der Waals surface area contributed by atoms with Gasteiger partial charge in [0, 0.05) is 46.0 Å². The van der Waals surface area contributed by atoms with Crippen LogP contribution >= 0.6 is 23.2 Å². The van der Waals surface area contributed by atoms with Gasteiger partial charge in [0.25, 0.3) is 0 Å². The number of nitrogens with one attached hydrogen (secondary N) is 1. The zero-order valence-electron chi connectivity index (χ0n) is 15.0. The minimum Gasteiger partial charge on any atom is -0.394 e. The molecule has 5 nitrogen and oxygen atoms in total. The van der Waals surface area contributed by atoms with Gasteiger partial charge in [-0.1, -0.05) is 30.1 Å². The van der Waals surface area contributed by atoms with E-state index in [9.17, 15) is 4.39 Å². The molecule has 4 rings (SSSR count). The second-order valence-corrected chi connectivity index (χ2v) is 7.34. The average Bonchev–Trinajstić information content (AvgIpc) is 3.31. The number of nitrogens with zero attached hydrogens (tertiary/aromatic N) is 3. The van der Waals surface area contributed by atoms with Crippen LogP contribution in [-0.2, 0) is 6.54 Å². The second-order valence-electron chi connectivity index (χ2n) is 6.56. The highest BCUT2D eigenvalue weighted by molar-refractivity contribution is 6.36. The Morgan fingerprint density at radius 3 is 2.86 bits per heavy atom. The first kappa shape index (κ1) is 18.9. The number of aromatic amines is 1. The number of hydrogen-bond acceptors (Lipinski definition) is 3. The van der Waals surface area contributed by atoms with Crippen molar-refractivity contribution >= 4 is 34.2 Å². The molecule has 144 valence electrons. The fourth-order valence-corrected chi connectivity index (χ4v) is 4.07. The molecule has 3 aromatic heterocycles. The molecule has 0 aliphatic carbocycles. The Labute approximate surface area is 170 Å². The molecule has 0 amide bonds. The van der Waals surface area contributed by atoms with Gasteiger partial charge >= 0.3 is 0 Å². The van der Waals surface area contributed by atoms with E-state index in [1.54, 1.807) is 17.1 Å². The highest BCUT2D eigenvalue weighted by Crippen LogP contribution is 2.39. The third-order valence-electron chi connectivity index (χ3n) is 4.84. The lowest BCUT2D eigenvalue weighted by Crippen LogP contribution is -2.01. The molecule has 0 spiro atoms. The van der Waals surface area contributed by atoms with Crippen molar-refractivity contribution in [1.82, 2.24) is 19.7 Å². The highest BCUT2D eigenvalue weighted by atomic mass is 35.5. The molecule has 0 fully saturated rings. The van der Waals surface area contributed by atoms with Crippen LogP contribution in [0.15, 0.2) is 43.0 Å². The van der Waals surface area contributed by atoms with Crippen molar-refractivity contribution in [3.63, 3.8) is 0 Å². The number of benzene rings is 1. The lowest BCUT2D eigenvalue weighted by atomic mass is 9.92. The molecule has 0 saturated heterocycles. The lowest BCUT2D eigenvalue weighted by molar-refractivity contribution is 0.269. The van der Waals surface area contributed by atoms with E-state index in [0.717, 1.165) is 27.7 Å². The van der Waals surface area contributed by atoms with Gasteiger partial charge in [0.05, 0.1) is 24.4 Å². The van der Waals surface area contributed by atoms with Crippen LogP contribution in [0.25, 0.3) is 22.2 Å². The first-order valence-corrected chi connectivity index (χ1v) is 9.49. The van der Waals surface area contributed by atoms with Crippen molar-refractivity contribution in [2.45, 2.75) is 19.4 Å². The van der Waals surface area contributed by atoms with E-state index in [1.807, 2.05) is 25.4 Å². The number of pyridine rings is 1. The van der Waals surface area contributed by atoms with Crippen LogP contribution in [0.3, 0.4) is 0 Å². The number of aliphatic hydroxyl groups is 1. The number of fused-ring (bicyclic) bond motifs is 1. The average molecular weight is 419 g/mol. The second kappa shape index (κ2) is 7.54. The molecular weight excluding hydrogens is 402 g/mol. The van der Waals surface area contributed by atoms with Crippen LogP contribution in [0, 0.1) is 5.82 Å². The normalized spacial score (nSPS) is 12.6. The topological polar surface area (TPSA) is 66.7 Å². The van der Waals surface area contributed by atoms with Gasteiger partial charge in [0.2, 0.25) is 0 Å². The van der Waals surface area contributed by atoms with Gasteiger partial charge in [-0.05, 0) is 29.3 Å². The molecule has 4 aromatic rings. The summed E-state index contributed by atoms with van der Waals surface area (Å²) in [5.41, 5.74) is 3.97. The Morgan fingerprint density at radius 1 is 1.25 bits per heavy atom. The molecule has 0 saturated carbocycles. The molecule has 1 aromatic carbocycles. The number of halogens is 3. The highest BCUT2D eigenvalue weighted by Gasteiger charge is 2.21. The maximum atomic E-state index is 14.0. The summed E-state index contributed by atoms with van der Waals surface area (Å²) in [6, 6.07) is 4.79. The zero-order valence-corrected chi connectivity index (χ0v) is 16.5. The van der Waals surface area contributed by atoms with E-state index in [1.165, 1.54) is 12.1 Å². The quantitative estimate of drug-likeness (QED) is 0.447. The summed E-state index contributed by atoms with van der Waals surface area (Å²) in [6.07, 6.45) is 7.19. The van der Waals surface area contributed by atoms with Gasteiger partial charge < -0.3 is 10.1 Å². The van der Waals surface area contributed by atoms with Gasteiger partial charge in [-0.2, -0.15) is 5.10 Å². The Hall–Kier alpha value is -2.41. The summed E-state index contributed by atoms with van der Waals surface area (Å²) in [7, 11) is 0. The van der Waals surface area contributed by atoms with Crippen molar-refractivity contribution in [2.24, 2.45) is 0 Å². The fraction of sp³-hybridized carbons (Fsp3) is 0.200. The summed E-state index contributed by atoms with van der Waals surface area (Å²) in [5, 5.41) is 14.6. The van der Waals surface area contributed by atoms with Crippen LogP contribution in [-0.4, -0.2) is 31.5 Å². The molecular formula is C20H17Cl2FN4O. The molecule has 28 heavy (non-hydrogen) atoms. The van der Waals surface area contributed by atoms with Gasteiger partial charge in [-0.3, -0.25) is 4.68 Å². The fourth-order valence-electron chi connectivity index (χ4n) is 3.37. The van der Waals surface area contributed by atoms with E-state index in [2.05, 4.69) is 15.1 Å². The summed E-state index contributed by atoms with van der Waals surface area (Å²) >= 11 is 12.5. The minimum atomic E-state index is -0.497. The number of hydrogen-bond donors (Lipinski definition) is 2. The molecule has 8 heteroatoms. The number of rotatable bonds is 5. The summed E-state index contributed by atoms with van der Waals surface area (Å²) in [6.45, 7) is 2.38. The van der Waals surface area contributed by atoms with Gasteiger partial charge in [-0.15, -0.1) is 0 Å². The Kier molecular flexibility index (Phi) is 5.10. The molecule has 0 radical (unpaired) electrons. The number of aromatic nitrogens is 4. The monoisotopic (exact) mass is 418 g/mol. The SMILES string of the molecule is CC(c1c(Cl)ccc(F)c1Cl)c1c[nH]c2ncc(-c3cnn(CCO)c3)cc12. The first-order valence-electron chi connectivity index (χ1n) is 8.73. The van der Waals surface area contributed by atoms with Crippen molar-refractivity contribution < 1.29 is 9.50 Å².